The number of likely N-dealkylation sites (N-methyl/N-ethyl adjacent to an activating group) is 1. The second-order valence-corrected chi connectivity index (χ2v) is 6.46. The molecule has 0 atom stereocenters. The van der Waals surface area contributed by atoms with Crippen LogP contribution in [-0.4, -0.2) is 61.0 Å². The summed E-state index contributed by atoms with van der Waals surface area (Å²) in [7, 11) is 0. The van der Waals surface area contributed by atoms with Crippen molar-refractivity contribution in [3.8, 4) is 0 Å². The van der Waals surface area contributed by atoms with E-state index in [-0.39, 0.29) is 5.91 Å². The summed E-state index contributed by atoms with van der Waals surface area (Å²) in [6, 6.07) is 0.550. The maximum atomic E-state index is 12.5. The molecule has 1 N–H and O–H groups in total. The number of hydrogen-bond donors (Lipinski definition) is 1. The quantitative estimate of drug-likeness (QED) is 0.724. The van der Waals surface area contributed by atoms with Gasteiger partial charge in [0.25, 0.3) is 0 Å². The van der Waals surface area contributed by atoms with Crippen LogP contribution in [0, 0.1) is 11.8 Å². The third kappa shape index (κ3) is 5.49. The summed E-state index contributed by atoms with van der Waals surface area (Å²) in [5, 5.41) is 3.28. The van der Waals surface area contributed by atoms with E-state index in [2.05, 4.69) is 44.8 Å². The predicted octanol–water partition coefficient (Wildman–Crippen LogP) is 1.42. The zero-order valence-electron chi connectivity index (χ0n) is 13.3. The van der Waals surface area contributed by atoms with Gasteiger partial charge in [-0.15, -0.1) is 0 Å². The van der Waals surface area contributed by atoms with Gasteiger partial charge in [-0.2, -0.15) is 0 Å². The Labute approximate surface area is 118 Å². The number of carbonyl (C=O) groups is 1. The highest BCUT2D eigenvalue weighted by Gasteiger charge is 2.26. The fourth-order valence-corrected chi connectivity index (χ4v) is 2.46. The minimum atomic E-state index is 0.288. The van der Waals surface area contributed by atoms with Gasteiger partial charge in [0.05, 0.1) is 6.54 Å². The smallest absolute Gasteiger partial charge is 0.236 e. The van der Waals surface area contributed by atoms with Crippen LogP contribution in [0.5, 0.6) is 0 Å². The number of amides is 1. The van der Waals surface area contributed by atoms with E-state index in [4.69, 9.17) is 0 Å². The van der Waals surface area contributed by atoms with Crippen LogP contribution >= 0.6 is 0 Å². The van der Waals surface area contributed by atoms with Crippen LogP contribution in [-0.2, 0) is 4.79 Å². The summed E-state index contributed by atoms with van der Waals surface area (Å²) in [6.45, 7) is 16.2. The summed E-state index contributed by atoms with van der Waals surface area (Å²) >= 11 is 0. The standard InChI is InChI=1S/C15H31N3O/c1-6-17(14-7-16-8-14)11-15(19)18(9-12(2)3)10-13(4)5/h12-14,16H,6-11H2,1-5H3. The highest BCUT2D eigenvalue weighted by Crippen LogP contribution is 2.08. The molecule has 112 valence electrons. The van der Waals surface area contributed by atoms with Crippen molar-refractivity contribution in [3.63, 3.8) is 0 Å². The average molecular weight is 269 g/mol. The fourth-order valence-electron chi connectivity index (χ4n) is 2.46. The lowest BCUT2D eigenvalue weighted by Gasteiger charge is -2.38. The van der Waals surface area contributed by atoms with Gasteiger partial charge in [-0.1, -0.05) is 34.6 Å². The number of hydrogen-bond acceptors (Lipinski definition) is 3. The third-order valence-electron chi connectivity index (χ3n) is 3.54. The highest BCUT2D eigenvalue weighted by molar-refractivity contribution is 5.78. The van der Waals surface area contributed by atoms with Crippen molar-refractivity contribution in [1.29, 1.82) is 0 Å². The number of rotatable bonds is 8. The Bertz CT molecular complexity index is 265. The first-order chi connectivity index (χ1) is 8.93. The molecule has 1 amide bonds. The Hall–Kier alpha value is -0.610. The molecule has 1 fully saturated rings. The molecule has 4 heteroatoms. The van der Waals surface area contributed by atoms with Crippen molar-refractivity contribution >= 4 is 5.91 Å². The van der Waals surface area contributed by atoms with Crippen molar-refractivity contribution < 1.29 is 4.79 Å². The molecule has 19 heavy (non-hydrogen) atoms. The summed E-state index contributed by atoms with van der Waals surface area (Å²) in [5.41, 5.74) is 0. The molecule has 0 aromatic rings. The third-order valence-corrected chi connectivity index (χ3v) is 3.54. The Morgan fingerprint density at radius 2 is 1.68 bits per heavy atom. The van der Waals surface area contributed by atoms with E-state index in [9.17, 15) is 4.79 Å². The van der Waals surface area contributed by atoms with Crippen LogP contribution in [0.25, 0.3) is 0 Å². The van der Waals surface area contributed by atoms with Gasteiger partial charge in [0.1, 0.15) is 0 Å². The molecule has 0 aliphatic carbocycles. The average Bonchev–Trinajstić information content (AvgIpc) is 2.23. The molecule has 0 bridgehead atoms. The summed E-state index contributed by atoms with van der Waals surface area (Å²) in [6.07, 6.45) is 0. The Balaban J connectivity index is 2.53. The monoisotopic (exact) mass is 269 g/mol. The zero-order chi connectivity index (χ0) is 14.4. The van der Waals surface area contributed by atoms with Crippen molar-refractivity contribution in [2.45, 2.75) is 40.7 Å². The van der Waals surface area contributed by atoms with E-state index in [1.165, 1.54) is 0 Å². The van der Waals surface area contributed by atoms with Crippen LogP contribution in [0.4, 0.5) is 0 Å². The summed E-state index contributed by atoms with van der Waals surface area (Å²) in [5.74, 6) is 1.35. The number of nitrogens with one attached hydrogen (secondary N) is 1. The SMILES string of the molecule is CCN(CC(=O)N(CC(C)C)CC(C)C)C1CNC1. The first-order valence-corrected chi connectivity index (χ1v) is 7.66. The second-order valence-electron chi connectivity index (χ2n) is 6.46. The minimum absolute atomic E-state index is 0.288. The van der Waals surface area contributed by atoms with E-state index >= 15 is 0 Å². The van der Waals surface area contributed by atoms with Crippen molar-refractivity contribution in [2.24, 2.45) is 11.8 Å². The van der Waals surface area contributed by atoms with E-state index in [1.54, 1.807) is 0 Å². The van der Waals surface area contributed by atoms with Gasteiger partial charge < -0.3 is 10.2 Å². The molecule has 0 unspecified atom stereocenters. The molecule has 0 aromatic heterocycles. The molecule has 1 rings (SSSR count). The van der Waals surface area contributed by atoms with Crippen LogP contribution in [0.15, 0.2) is 0 Å². The van der Waals surface area contributed by atoms with Crippen molar-refractivity contribution in [2.75, 3.05) is 39.3 Å². The Morgan fingerprint density at radius 1 is 1.16 bits per heavy atom. The molecule has 1 heterocycles. The topological polar surface area (TPSA) is 35.6 Å². The molecule has 1 aliphatic rings. The van der Waals surface area contributed by atoms with Crippen LogP contribution in [0.3, 0.4) is 0 Å². The first kappa shape index (κ1) is 16.4. The summed E-state index contributed by atoms with van der Waals surface area (Å²) in [4.78, 5) is 16.8. The van der Waals surface area contributed by atoms with Crippen LogP contribution in [0.2, 0.25) is 0 Å². The molecule has 0 aromatic carbocycles. The van der Waals surface area contributed by atoms with Gasteiger partial charge >= 0.3 is 0 Å². The van der Waals surface area contributed by atoms with Gasteiger partial charge in [-0.05, 0) is 18.4 Å². The van der Waals surface area contributed by atoms with E-state index in [1.807, 2.05) is 4.90 Å². The Kier molecular flexibility index (Phi) is 6.80. The molecule has 0 spiro atoms. The molecule has 0 saturated carbocycles. The van der Waals surface area contributed by atoms with Gasteiger partial charge in [0.2, 0.25) is 5.91 Å². The molecule has 1 saturated heterocycles. The van der Waals surface area contributed by atoms with Crippen LogP contribution < -0.4 is 5.32 Å². The lowest BCUT2D eigenvalue weighted by Crippen LogP contribution is -2.59. The predicted molar refractivity (Wildman–Crippen MR) is 80.2 cm³/mol. The molecular weight excluding hydrogens is 238 g/mol. The van der Waals surface area contributed by atoms with E-state index in [0.717, 1.165) is 32.7 Å². The number of nitrogens with zero attached hydrogens (tertiary/aromatic N) is 2. The van der Waals surface area contributed by atoms with Gasteiger partial charge in [0.15, 0.2) is 0 Å². The van der Waals surface area contributed by atoms with E-state index < -0.39 is 0 Å². The fraction of sp³-hybridized carbons (Fsp3) is 0.933. The van der Waals surface area contributed by atoms with Crippen molar-refractivity contribution in [1.82, 2.24) is 15.1 Å². The van der Waals surface area contributed by atoms with Gasteiger partial charge in [0, 0.05) is 32.2 Å². The van der Waals surface area contributed by atoms with Gasteiger partial charge in [-0.25, -0.2) is 0 Å². The molecule has 4 nitrogen and oxygen atoms in total. The molecule has 1 aliphatic heterocycles. The first-order valence-electron chi connectivity index (χ1n) is 7.66. The maximum absolute atomic E-state index is 12.5. The van der Waals surface area contributed by atoms with Crippen LogP contribution in [0.1, 0.15) is 34.6 Å². The zero-order valence-corrected chi connectivity index (χ0v) is 13.3. The second kappa shape index (κ2) is 7.85. The Morgan fingerprint density at radius 3 is 2.00 bits per heavy atom. The van der Waals surface area contributed by atoms with E-state index in [0.29, 0.717) is 24.4 Å². The molecular formula is C15H31N3O. The van der Waals surface area contributed by atoms with Gasteiger partial charge in [-0.3, -0.25) is 9.69 Å². The minimum Gasteiger partial charge on any atom is -0.341 e. The maximum Gasteiger partial charge on any atom is 0.236 e. The summed E-state index contributed by atoms with van der Waals surface area (Å²) < 4.78 is 0. The normalized spacial score (nSPS) is 16.2. The lowest BCUT2D eigenvalue weighted by molar-refractivity contribution is -0.134. The lowest BCUT2D eigenvalue weighted by atomic mass is 10.1. The number of carbonyl (C=O) groups excluding carboxylic acids is 1. The largest absolute Gasteiger partial charge is 0.341 e. The highest BCUT2D eigenvalue weighted by atomic mass is 16.2. The van der Waals surface area contributed by atoms with Crippen molar-refractivity contribution in [3.05, 3.63) is 0 Å². The molecule has 0 radical (unpaired) electrons.